The van der Waals surface area contributed by atoms with Crippen molar-refractivity contribution in [1.29, 1.82) is 0 Å². The number of pyridine rings is 1. The average molecular weight is 272 g/mol. The van der Waals surface area contributed by atoms with Gasteiger partial charge in [0.25, 0.3) is 0 Å². The van der Waals surface area contributed by atoms with Gasteiger partial charge in [0.05, 0.1) is 12.1 Å². The molecule has 3 nitrogen and oxygen atoms in total. The molecule has 0 radical (unpaired) electrons. The summed E-state index contributed by atoms with van der Waals surface area (Å²) in [5.74, 6) is 0.916. The lowest BCUT2D eigenvalue weighted by molar-refractivity contribution is 0.178. The maximum absolute atomic E-state index is 6.03. The Morgan fingerprint density at radius 3 is 2.85 bits per heavy atom. The number of benzene rings is 1. The molecule has 0 aliphatic carbocycles. The van der Waals surface area contributed by atoms with Gasteiger partial charge >= 0.3 is 0 Å². The van der Waals surface area contributed by atoms with Gasteiger partial charge in [0.1, 0.15) is 5.75 Å². The largest absolute Gasteiger partial charge is 0.492 e. The normalized spacial score (nSPS) is 11.8. The minimum atomic E-state index is 0.111. The molecule has 20 heavy (non-hydrogen) atoms. The molecule has 1 aromatic carbocycles. The van der Waals surface area contributed by atoms with E-state index in [4.69, 9.17) is 4.74 Å². The van der Waals surface area contributed by atoms with Gasteiger partial charge in [-0.2, -0.15) is 0 Å². The molecule has 1 aromatic heterocycles. The molecule has 0 atom stereocenters. The Bertz CT molecular complexity index is 546. The number of rotatable bonds is 7. The van der Waals surface area contributed by atoms with Crippen LogP contribution in [-0.2, 0) is 0 Å². The maximum atomic E-state index is 6.03. The van der Waals surface area contributed by atoms with Crippen LogP contribution in [0.1, 0.15) is 27.2 Å². The number of ether oxygens (including phenoxy) is 1. The van der Waals surface area contributed by atoms with Crippen LogP contribution in [0.4, 0.5) is 0 Å². The Kier molecular flexibility index (Phi) is 4.96. The number of nitrogens with zero attached hydrogens (tertiary/aromatic N) is 1. The van der Waals surface area contributed by atoms with Crippen molar-refractivity contribution in [3.63, 3.8) is 0 Å². The van der Waals surface area contributed by atoms with E-state index >= 15 is 0 Å². The minimum absolute atomic E-state index is 0.111. The van der Waals surface area contributed by atoms with Gasteiger partial charge in [-0.15, -0.1) is 0 Å². The summed E-state index contributed by atoms with van der Waals surface area (Å²) in [5, 5.41) is 4.53. The fourth-order valence-electron chi connectivity index (χ4n) is 2.13. The van der Waals surface area contributed by atoms with Crippen LogP contribution in [0.3, 0.4) is 0 Å². The SMILES string of the molecule is CCCNCC(C)(C)COc1cccc2ncccc12. The Balaban J connectivity index is 2.02. The third kappa shape index (κ3) is 3.94. The highest BCUT2D eigenvalue weighted by Crippen LogP contribution is 2.25. The zero-order valence-electron chi connectivity index (χ0n) is 12.6. The average Bonchev–Trinajstić information content (AvgIpc) is 2.45. The van der Waals surface area contributed by atoms with Crippen molar-refractivity contribution in [2.75, 3.05) is 19.7 Å². The monoisotopic (exact) mass is 272 g/mol. The number of hydrogen-bond acceptors (Lipinski definition) is 3. The molecule has 108 valence electrons. The molecular formula is C17H24N2O. The van der Waals surface area contributed by atoms with Crippen LogP contribution < -0.4 is 10.1 Å². The first kappa shape index (κ1) is 14.8. The molecule has 0 amide bonds. The molecule has 1 heterocycles. The first-order valence-corrected chi connectivity index (χ1v) is 7.30. The van der Waals surface area contributed by atoms with Crippen molar-refractivity contribution in [1.82, 2.24) is 10.3 Å². The van der Waals surface area contributed by atoms with E-state index in [0.717, 1.165) is 36.2 Å². The third-order valence-corrected chi connectivity index (χ3v) is 3.25. The van der Waals surface area contributed by atoms with Crippen LogP contribution in [0.2, 0.25) is 0 Å². The lowest BCUT2D eigenvalue weighted by Gasteiger charge is -2.25. The highest BCUT2D eigenvalue weighted by molar-refractivity contribution is 5.84. The lowest BCUT2D eigenvalue weighted by atomic mass is 9.95. The van der Waals surface area contributed by atoms with Gasteiger partial charge in [0.2, 0.25) is 0 Å². The summed E-state index contributed by atoms with van der Waals surface area (Å²) in [6.45, 7) is 9.33. The zero-order chi connectivity index (χ0) is 14.4. The summed E-state index contributed by atoms with van der Waals surface area (Å²) >= 11 is 0. The number of aromatic nitrogens is 1. The molecule has 0 aliphatic heterocycles. The molecule has 0 saturated carbocycles. The summed E-state index contributed by atoms with van der Waals surface area (Å²) in [6.07, 6.45) is 2.97. The second kappa shape index (κ2) is 6.71. The Morgan fingerprint density at radius 1 is 1.20 bits per heavy atom. The minimum Gasteiger partial charge on any atom is -0.492 e. The van der Waals surface area contributed by atoms with Crippen molar-refractivity contribution in [3.05, 3.63) is 36.5 Å². The molecule has 2 aromatic rings. The fourth-order valence-corrected chi connectivity index (χ4v) is 2.13. The van der Waals surface area contributed by atoms with Gasteiger partial charge in [-0.25, -0.2) is 0 Å². The Hall–Kier alpha value is -1.61. The summed E-state index contributed by atoms with van der Waals surface area (Å²) < 4.78 is 6.03. The van der Waals surface area contributed by atoms with Crippen molar-refractivity contribution in [3.8, 4) is 5.75 Å². The predicted octanol–water partition coefficient (Wildman–Crippen LogP) is 3.64. The lowest BCUT2D eigenvalue weighted by Crippen LogP contribution is -2.34. The molecule has 0 aliphatic rings. The van der Waals surface area contributed by atoms with Crippen molar-refractivity contribution < 1.29 is 4.74 Å². The molecule has 2 rings (SSSR count). The van der Waals surface area contributed by atoms with Gasteiger partial charge in [-0.05, 0) is 37.2 Å². The topological polar surface area (TPSA) is 34.1 Å². The zero-order valence-corrected chi connectivity index (χ0v) is 12.6. The van der Waals surface area contributed by atoms with Crippen LogP contribution in [-0.4, -0.2) is 24.7 Å². The standard InChI is InChI=1S/C17H24N2O/c1-4-10-18-12-17(2,3)13-20-16-9-5-8-15-14(16)7-6-11-19-15/h5-9,11,18H,4,10,12-13H2,1-3H3. The van der Waals surface area contributed by atoms with Crippen LogP contribution in [0.25, 0.3) is 10.9 Å². The van der Waals surface area contributed by atoms with E-state index in [1.54, 1.807) is 0 Å². The van der Waals surface area contributed by atoms with E-state index in [1.807, 2.05) is 30.5 Å². The van der Waals surface area contributed by atoms with Crippen molar-refractivity contribution >= 4 is 10.9 Å². The first-order chi connectivity index (χ1) is 9.62. The molecule has 1 N–H and O–H groups in total. The number of nitrogens with one attached hydrogen (secondary N) is 1. The van der Waals surface area contributed by atoms with E-state index in [0.29, 0.717) is 6.61 Å². The molecular weight excluding hydrogens is 248 g/mol. The highest BCUT2D eigenvalue weighted by atomic mass is 16.5. The Labute approximate surface area is 121 Å². The van der Waals surface area contributed by atoms with Crippen LogP contribution in [0.15, 0.2) is 36.5 Å². The van der Waals surface area contributed by atoms with E-state index in [-0.39, 0.29) is 5.41 Å². The Morgan fingerprint density at radius 2 is 2.05 bits per heavy atom. The second-order valence-electron chi connectivity index (χ2n) is 5.96. The van der Waals surface area contributed by atoms with Crippen molar-refractivity contribution in [2.24, 2.45) is 5.41 Å². The summed E-state index contributed by atoms with van der Waals surface area (Å²) in [7, 11) is 0. The maximum Gasteiger partial charge on any atom is 0.128 e. The number of hydrogen-bond donors (Lipinski definition) is 1. The molecule has 3 heteroatoms. The van der Waals surface area contributed by atoms with Gasteiger partial charge in [0, 0.05) is 23.5 Å². The van der Waals surface area contributed by atoms with Crippen LogP contribution in [0.5, 0.6) is 5.75 Å². The molecule has 0 saturated heterocycles. The third-order valence-electron chi connectivity index (χ3n) is 3.25. The molecule has 0 spiro atoms. The van der Waals surface area contributed by atoms with E-state index in [2.05, 4.69) is 37.1 Å². The number of fused-ring (bicyclic) bond motifs is 1. The van der Waals surface area contributed by atoms with E-state index in [9.17, 15) is 0 Å². The molecule has 0 unspecified atom stereocenters. The van der Waals surface area contributed by atoms with E-state index < -0.39 is 0 Å². The first-order valence-electron chi connectivity index (χ1n) is 7.30. The van der Waals surface area contributed by atoms with Gasteiger partial charge in [0.15, 0.2) is 0 Å². The molecule has 0 fully saturated rings. The predicted molar refractivity (Wildman–Crippen MR) is 84.2 cm³/mol. The summed E-state index contributed by atoms with van der Waals surface area (Å²) in [6, 6.07) is 10.0. The smallest absolute Gasteiger partial charge is 0.128 e. The fraction of sp³-hybridized carbons (Fsp3) is 0.471. The second-order valence-corrected chi connectivity index (χ2v) is 5.96. The van der Waals surface area contributed by atoms with Crippen LogP contribution in [0, 0.1) is 5.41 Å². The quantitative estimate of drug-likeness (QED) is 0.781. The summed E-state index contributed by atoms with van der Waals surface area (Å²) in [4.78, 5) is 4.35. The highest BCUT2D eigenvalue weighted by Gasteiger charge is 2.18. The van der Waals surface area contributed by atoms with Gasteiger partial charge in [-0.1, -0.05) is 26.8 Å². The van der Waals surface area contributed by atoms with Gasteiger partial charge < -0.3 is 10.1 Å². The molecule has 0 bridgehead atoms. The van der Waals surface area contributed by atoms with Gasteiger partial charge in [-0.3, -0.25) is 4.98 Å². The summed E-state index contributed by atoms with van der Waals surface area (Å²) in [5.41, 5.74) is 1.09. The van der Waals surface area contributed by atoms with Crippen LogP contribution >= 0.6 is 0 Å². The van der Waals surface area contributed by atoms with E-state index in [1.165, 1.54) is 0 Å². The van der Waals surface area contributed by atoms with Crippen molar-refractivity contribution in [2.45, 2.75) is 27.2 Å².